The monoisotopic (exact) mass is 422 g/mol. The molecule has 160 valence electrons. The summed E-state index contributed by atoms with van der Waals surface area (Å²) in [5, 5.41) is 7.06. The molecule has 30 heavy (non-hydrogen) atoms. The standard InChI is InChI=1S/C20H21F3N4O3/c21-4-5-29-14-9-27(10-14)20-16(22)6-13(8-26-20)15-3-1-2-12(19(15)23)11-30-18(28)7-17(24)25/h1-3,6,8,14H,4-5,7,9-11H2,(H3,24,25). The predicted octanol–water partition coefficient (Wildman–Crippen LogP) is 2.57. The summed E-state index contributed by atoms with van der Waals surface area (Å²) in [6, 6.07) is 5.65. The number of aromatic nitrogens is 1. The average Bonchev–Trinajstić information content (AvgIpc) is 2.66. The molecular weight excluding hydrogens is 401 g/mol. The molecule has 1 aromatic heterocycles. The van der Waals surface area contributed by atoms with Gasteiger partial charge in [0.25, 0.3) is 0 Å². The first-order chi connectivity index (χ1) is 14.4. The summed E-state index contributed by atoms with van der Waals surface area (Å²) in [4.78, 5) is 17.3. The minimum atomic E-state index is -0.743. The van der Waals surface area contributed by atoms with Crippen molar-refractivity contribution in [3.05, 3.63) is 47.7 Å². The van der Waals surface area contributed by atoms with Crippen LogP contribution in [0.4, 0.5) is 19.0 Å². The first-order valence-electron chi connectivity index (χ1n) is 9.23. The van der Waals surface area contributed by atoms with E-state index in [4.69, 9.17) is 20.6 Å². The second kappa shape index (κ2) is 9.57. The number of halogens is 3. The molecule has 2 aromatic rings. The van der Waals surface area contributed by atoms with Crippen molar-refractivity contribution in [2.45, 2.75) is 19.1 Å². The lowest BCUT2D eigenvalue weighted by Gasteiger charge is -2.39. The molecule has 0 atom stereocenters. The zero-order chi connectivity index (χ0) is 21.7. The number of carbonyl (C=O) groups is 1. The summed E-state index contributed by atoms with van der Waals surface area (Å²) in [6.07, 6.45) is 0.813. The molecule has 10 heteroatoms. The summed E-state index contributed by atoms with van der Waals surface area (Å²) in [6.45, 7) is -0.100. The van der Waals surface area contributed by atoms with Gasteiger partial charge in [-0.05, 0) is 6.07 Å². The number of alkyl halides is 1. The van der Waals surface area contributed by atoms with Crippen LogP contribution in [-0.2, 0) is 20.9 Å². The molecule has 1 fully saturated rings. The molecule has 0 aliphatic carbocycles. The number of esters is 1. The fourth-order valence-corrected chi connectivity index (χ4v) is 3.02. The van der Waals surface area contributed by atoms with Crippen molar-refractivity contribution < 1.29 is 27.4 Å². The average molecular weight is 422 g/mol. The molecule has 7 nitrogen and oxygen atoms in total. The Morgan fingerprint density at radius 3 is 2.77 bits per heavy atom. The van der Waals surface area contributed by atoms with Crippen LogP contribution in [0.15, 0.2) is 30.5 Å². The number of hydrogen-bond acceptors (Lipinski definition) is 6. The zero-order valence-corrected chi connectivity index (χ0v) is 16.0. The van der Waals surface area contributed by atoms with E-state index in [1.807, 2.05) is 0 Å². The Labute approximate surface area is 171 Å². The molecular formula is C20H21F3N4O3. The number of hydrogen-bond donors (Lipinski definition) is 2. The summed E-state index contributed by atoms with van der Waals surface area (Å²) in [5.74, 6) is -2.25. The van der Waals surface area contributed by atoms with Crippen molar-refractivity contribution in [3.8, 4) is 11.1 Å². The number of nitrogens with one attached hydrogen (secondary N) is 1. The molecule has 0 spiro atoms. The number of anilines is 1. The van der Waals surface area contributed by atoms with Gasteiger partial charge in [0.1, 0.15) is 31.4 Å². The Kier molecular flexibility index (Phi) is 6.88. The SMILES string of the molecule is N=C(N)CC(=O)OCc1cccc(-c2cnc(N3CC(OCCF)C3)c(F)c2)c1F. The highest BCUT2D eigenvalue weighted by molar-refractivity contribution is 5.94. The van der Waals surface area contributed by atoms with Gasteiger partial charge in [-0.3, -0.25) is 10.2 Å². The van der Waals surface area contributed by atoms with E-state index >= 15 is 0 Å². The molecule has 1 saturated heterocycles. The third kappa shape index (κ3) is 5.07. The van der Waals surface area contributed by atoms with Crippen LogP contribution in [0.3, 0.4) is 0 Å². The Morgan fingerprint density at radius 1 is 1.33 bits per heavy atom. The molecule has 3 rings (SSSR count). The highest BCUT2D eigenvalue weighted by atomic mass is 19.1. The van der Waals surface area contributed by atoms with Crippen LogP contribution < -0.4 is 10.6 Å². The normalized spacial score (nSPS) is 13.8. The van der Waals surface area contributed by atoms with Crippen molar-refractivity contribution in [2.75, 3.05) is 31.3 Å². The topological polar surface area (TPSA) is 102 Å². The fourth-order valence-electron chi connectivity index (χ4n) is 3.02. The predicted molar refractivity (Wildman–Crippen MR) is 104 cm³/mol. The van der Waals surface area contributed by atoms with Crippen LogP contribution in [0.2, 0.25) is 0 Å². The zero-order valence-electron chi connectivity index (χ0n) is 16.0. The Hall–Kier alpha value is -3.14. The van der Waals surface area contributed by atoms with Crippen molar-refractivity contribution in [2.24, 2.45) is 5.73 Å². The molecule has 1 aliphatic heterocycles. The van der Waals surface area contributed by atoms with Gasteiger partial charge in [-0.2, -0.15) is 0 Å². The smallest absolute Gasteiger partial charge is 0.313 e. The maximum Gasteiger partial charge on any atom is 0.313 e. The van der Waals surface area contributed by atoms with Crippen molar-refractivity contribution in [1.29, 1.82) is 5.41 Å². The Bertz CT molecular complexity index is 936. The molecule has 0 amide bonds. The number of amidine groups is 1. The quantitative estimate of drug-likeness (QED) is 0.366. The minimum Gasteiger partial charge on any atom is -0.460 e. The lowest BCUT2D eigenvalue weighted by atomic mass is 10.0. The highest BCUT2D eigenvalue weighted by Gasteiger charge is 2.30. The number of nitrogens with two attached hydrogens (primary N) is 1. The molecule has 0 radical (unpaired) electrons. The maximum absolute atomic E-state index is 14.8. The number of rotatable bonds is 9. The van der Waals surface area contributed by atoms with E-state index in [0.29, 0.717) is 13.1 Å². The molecule has 0 unspecified atom stereocenters. The van der Waals surface area contributed by atoms with E-state index in [9.17, 15) is 18.0 Å². The van der Waals surface area contributed by atoms with Gasteiger partial charge in [0, 0.05) is 36.0 Å². The van der Waals surface area contributed by atoms with E-state index in [0.717, 1.165) is 0 Å². The van der Waals surface area contributed by atoms with Crippen molar-refractivity contribution >= 4 is 17.6 Å². The number of nitrogens with zero attached hydrogens (tertiary/aromatic N) is 2. The van der Waals surface area contributed by atoms with Gasteiger partial charge in [0.2, 0.25) is 0 Å². The van der Waals surface area contributed by atoms with Gasteiger partial charge >= 0.3 is 5.97 Å². The summed E-state index contributed by atoms with van der Waals surface area (Å²) >= 11 is 0. The third-order valence-corrected chi connectivity index (χ3v) is 4.51. The Balaban J connectivity index is 1.70. The first-order valence-corrected chi connectivity index (χ1v) is 9.23. The van der Waals surface area contributed by atoms with E-state index in [-0.39, 0.29) is 54.1 Å². The van der Waals surface area contributed by atoms with Crippen molar-refractivity contribution in [1.82, 2.24) is 4.98 Å². The lowest BCUT2D eigenvalue weighted by molar-refractivity contribution is -0.143. The second-order valence-corrected chi connectivity index (χ2v) is 6.76. The number of benzene rings is 1. The largest absolute Gasteiger partial charge is 0.460 e. The minimum absolute atomic E-state index is 0.00698. The molecule has 1 aromatic carbocycles. The van der Waals surface area contributed by atoms with E-state index in [1.165, 1.54) is 24.4 Å². The van der Waals surface area contributed by atoms with Gasteiger partial charge in [0.15, 0.2) is 11.6 Å². The maximum atomic E-state index is 14.8. The highest BCUT2D eigenvalue weighted by Crippen LogP contribution is 2.30. The van der Waals surface area contributed by atoms with Crippen LogP contribution in [0.5, 0.6) is 0 Å². The second-order valence-electron chi connectivity index (χ2n) is 6.76. The first kappa shape index (κ1) is 21.6. The molecule has 2 heterocycles. The van der Waals surface area contributed by atoms with Crippen LogP contribution >= 0.6 is 0 Å². The Morgan fingerprint density at radius 2 is 2.10 bits per heavy atom. The van der Waals surface area contributed by atoms with Gasteiger partial charge in [-0.1, -0.05) is 18.2 Å². The molecule has 0 saturated carbocycles. The van der Waals surface area contributed by atoms with E-state index in [2.05, 4.69) is 4.98 Å². The number of pyridine rings is 1. The van der Waals surface area contributed by atoms with Crippen LogP contribution in [0.1, 0.15) is 12.0 Å². The van der Waals surface area contributed by atoms with Gasteiger partial charge in [0.05, 0.1) is 12.7 Å². The van der Waals surface area contributed by atoms with Crippen molar-refractivity contribution in [3.63, 3.8) is 0 Å². The number of carbonyl (C=O) groups excluding carboxylic acids is 1. The van der Waals surface area contributed by atoms with Gasteiger partial charge in [-0.25, -0.2) is 18.2 Å². The summed E-state index contributed by atoms with van der Waals surface area (Å²) < 4.78 is 51.7. The molecule has 0 bridgehead atoms. The van der Waals surface area contributed by atoms with Crippen LogP contribution in [-0.4, -0.2) is 49.3 Å². The van der Waals surface area contributed by atoms with Gasteiger partial charge < -0.3 is 20.1 Å². The summed E-state index contributed by atoms with van der Waals surface area (Å²) in [5.41, 5.74) is 5.57. The summed E-state index contributed by atoms with van der Waals surface area (Å²) in [7, 11) is 0. The molecule has 1 aliphatic rings. The lowest BCUT2D eigenvalue weighted by Crippen LogP contribution is -2.53. The fraction of sp³-hybridized carbons (Fsp3) is 0.350. The number of ether oxygens (including phenoxy) is 2. The van der Waals surface area contributed by atoms with E-state index in [1.54, 1.807) is 11.0 Å². The van der Waals surface area contributed by atoms with Crippen LogP contribution in [0.25, 0.3) is 11.1 Å². The van der Waals surface area contributed by atoms with Gasteiger partial charge in [-0.15, -0.1) is 0 Å². The third-order valence-electron chi connectivity index (χ3n) is 4.51. The molecule has 3 N–H and O–H groups in total. The van der Waals surface area contributed by atoms with Crippen LogP contribution in [0, 0.1) is 17.0 Å². The van der Waals surface area contributed by atoms with E-state index < -0.39 is 24.3 Å².